The van der Waals surface area contributed by atoms with E-state index in [1.54, 1.807) is 24.4 Å². The molecule has 1 heterocycles. The number of carbonyl (C=O) groups is 1. The highest BCUT2D eigenvalue weighted by Gasteiger charge is 2.04. The highest BCUT2D eigenvalue weighted by Crippen LogP contribution is 2.23. The van der Waals surface area contributed by atoms with Crippen LogP contribution in [0.15, 0.2) is 36.5 Å². The summed E-state index contributed by atoms with van der Waals surface area (Å²) in [6.45, 7) is 0.970. The van der Waals surface area contributed by atoms with Crippen LogP contribution < -0.4 is 10.6 Å². The number of halogens is 2. The van der Waals surface area contributed by atoms with Gasteiger partial charge < -0.3 is 10.6 Å². The number of hydrogen-bond donors (Lipinski definition) is 2. The highest BCUT2D eigenvalue weighted by molar-refractivity contribution is 6.42. The topological polar surface area (TPSA) is 77.8 Å². The first kappa shape index (κ1) is 19.0. The third-order valence-electron chi connectivity index (χ3n) is 3.52. The van der Waals surface area contributed by atoms with Crippen LogP contribution in [0.1, 0.15) is 24.0 Å². The van der Waals surface area contributed by atoms with Crippen molar-refractivity contribution >= 4 is 34.9 Å². The van der Waals surface area contributed by atoms with Crippen LogP contribution in [-0.2, 0) is 11.2 Å². The lowest BCUT2D eigenvalue weighted by Gasteiger charge is -2.08. The summed E-state index contributed by atoms with van der Waals surface area (Å²) in [6, 6.07) is 11.0. The molecule has 0 spiro atoms. The normalized spacial score (nSPS) is 10.1. The molecule has 0 saturated heterocycles. The lowest BCUT2D eigenvalue weighted by Crippen LogP contribution is -2.28. The van der Waals surface area contributed by atoms with Gasteiger partial charge in [-0.3, -0.25) is 4.79 Å². The molecule has 7 heteroatoms. The number of nitriles is 1. The Morgan fingerprint density at radius 3 is 2.80 bits per heavy atom. The monoisotopic (exact) mass is 376 g/mol. The molecule has 5 nitrogen and oxygen atoms in total. The molecule has 2 N–H and O–H groups in total. The van der Waals surface area contributed by atoms with Gasteiger partial charge in [0.1, 0.15) is 11.9 Å². The molecule has 1 aromatic heterocycles. The van der Waals surface area contributed by atoms with Crippen molar-refractivity contribution in [2.24, 2.45) is 0 Å². The number of carbonyl (C=O) groups excluding carboxylic acids is 1. The molecule has 1 aromatic carbocycles. The van der Waals surface area contributed by atoms with Gasteiger partial charge in [0, 0.05) is 25.7 Å². The van der Waals surface area contributed by atoms with Crippen molar-refractivity contribution < 1.29 is 4.79 Å². The van der Waals surface area contributed by atoms with Gasteiger partial charge in [0.05, 0.1) is 15.6 Å². The summed E-state index contributed by atoms with van der Waals surface area (Å²) in [5.41, 5.74) is 1.54. The van der Waals surface area contributed by atoms with Crippen LogP contribution in [-0.4, -0.2) is 24.0 Å². The van der Waals surface area contributed by atoms with Crippen molar-refractivity contribution in [3.8, 4) is 6.07 Å². The third kappa shape index (κ3) is 6.26. The van der Waals surface area contributed by atoms with Crippen LogP contribution in [0.4, 0.5) is 5.82 Å². The Labute approximate surface area is 157 Å². The number of amides is 1. The van der Waals surface area contributed by atoms with Gasteiger partial charge >= 0.3 is 0 Å². The molecule has 0 aliphatic carbocycles. The van der Waals surface area contributed by atoms with E-state index in [9.17, 15) is 4.79 Å². The van der Waals surface area contributed by atoms with Gasteiger partial charge in [-0.05, 0) is 42.7 Å². The summed E-state index contributed by atoms with van der Waals surface area (Å²) in [6.07, 6.45) is 3.55. The van der Waals surface area contributed by atoms with E-state index >= 15 is 0 Å². The van der Waals surface area contributed by atoms with E-state index in [0.29, 0.717) is 40.9 Å². The summed E-state index contributed by atoms with van der Waals surface area (Å²) in [5, 5.41) is 15.9. The van der Waals surface area contributed by atoms with Crippen molar-refractivity contribution in [2.75, 3.05) is 18.4 Å². The Balaban J connectivity index is 1.64. The van der Waals surface area contributed by atoms with Crippen LogP contribution in [0.3, 0.4) is 0 Å². The molecule has 2 aromatic rings. The second-order valence-electron chi connectivity index (χ2n) is 5.39. The van der Waals surface area contributed by atoms with E-state index in [0.717, 1.165) is 18.4 Å². The van der Waals surface area contributed by atoms with Gasteiger partial charge in [0.15, 0.2) is 0 Å². The minimum atomic E-state index is -0.0108. The average Bonchev–Trinajstić information content (AvgIpc) is 2.62. The van der Waals surface area contributed by atoms with E-state index in [2.05, 4.69) is 21.7 Å². The molecule has 1 amide bonds. The molecular formula is C18H18Cl2N4O. The summed E-state index contributed by atoms with van der Waals surface area (Å²) in [7, 11) is 0. The molecule has 0 saturated carbocycles. The van der Waals surface area contributed by atoms with Crippen LogP contribution in [0.2, 0.25) is 10.0 Å². The number of aromatic nitrogens is 1. The van der Waals surface area contributed by atoms with Gasteiger partial charge in [-0.25, -0.2) is 4.98 Å². The van der Waals surface area contributed by atoms with E-state index < -0.39 is 0 Å². The number of aryl methyl sites for hydroxylation is 1. The first-order valence-electron chi connectivity index (χ1n) is 7.90. The zero-order valence-corrected chi connectivity index (χ0v) is 15.1. The lowest BCUT2D eigenvalue weighted by molar-refractivity contribution is -0.121. The molecule has 0 aliphatic rings. The smallest absolute Gasteiger partial charge is 0.220 e. The number of anilines is 1. The fourth-order valence-corrected chi connectivity index (χ4v) is 2.58. The number of pyridine rings is 1. The quantitative estimate of drug-likeness (QED) is 0.686. The number of nitrogens with zero attached hydrogens (tertiary/aromatic N) is 2. The molecule has 0 atom stereocenters. The van der Waals surface area contributed by atoms with Crippen LogP contribution in [0.5, 0.6) is 0 Å². The van der Waals surface area contributed by atoms with E-state index in [-0.39, 0.29) is 5.91 Å². The van der Waals surface area contributed by atoms with Crippen molar-refractivity contribution in [2.45, 2.75) is 19.3 Å². The largest absolute Gasteiger partial charge is 0.367 e. The van der Waals surface area contributed by atoms with Crippen molar-refractivity contribution in [3.05, 3.63) is 57.7 Å². The maximum absolute atomic E-state index is 11.8. The first-order chi connectivity index (χ1) is 12.1. The Morgan fingerprint density at radius 2 is 2.04 bits per heavy atom. The molecule has 0 bridgehead atoms. The lowest BCUT2D eigenvalue weighted by atomic mass is 10.1. The molecule has 25 heavy (non-hydrogen) atoms. The molecule has 2 rings (SSSR count). The summed E-state index contributed by atoms with van der Waals surface area (Å²) in [4.78, 5) is 15.9. The van der Waals surface area contributed by atoms with Crippen molar-refractivity contribution in [1.82, 2.24) is 10.3 Å². The van der Waals surface area contributed by atoms with Gasteiger partial charge in [0.2, 0.25) is 5.91 Å². The molecular weight excluding hydrogens is 359 g/mol. The summed E-state index contributed by atoms with van der Waals surface area (Å²) >= 11 is 11.8. The van der Waals surface area contributed by atoms with Crippen LogP contribution >= 0.6 is 23.2 Å². The highest BCUT2D eigenvalue weighted by atomic mass is 35.5. The second-order valence-corrected chi connectivity index (χ2v) is 6.20. The molecule has 0 fully saturated rings. The summed E-state index contributed by atoms with van der Waals surface area (Å²) in [5.74, 6) is 0.516. The standard InChI is InChI=1S/C18H18Cl2N4O/c19-15-7-6-13(11-16(15)20)3-1-5-17(25)22-9-10-24-18-14(12-21)4-2-8-23-18/h2,4,6-8,11H,1,3,5,9-10H2,(H,22,25)(H,23,24). The Bertz CT molecular complexity index is 774. The zero-order chi connectivity index (χ0) is 18.1. The molecule has 130 valence electrons. The molecule has 0 aliphatic heterocycles. The molecule has 0 radical (unpaired) electrons. The maximum atomic E-state index is 11.8. The number of benzene rings is 1. The van der Waals surface area contributed by atoms with Crippen LogP contribution in [0, 0.1) is 11.3 Å². The van der Waals surface area contributed by atoms with Crippen LogP contribution in [0.25, 0.3) is 0 Å². The minimum absolute atomic E-state index is 0.0108. The van der Waals surface area contributed by atoms with Gasteiger partial charge in [0.25, 0.3) is 0 Å². The predicted molar refractivity (Wildman–Crippen MR) is 99.9 cm³/mol. The molecule has 0 unspecified atom stereocenters. The Kier molecular flexibility index (Phi) is 7.52. The van der Waals surface area contributed by atoms with Crippen molar-refractivity contribution in [1.29, 1.82) is 5.26 Å². The van der Waals surface area contributed by atoms with Gasteiger partial charge in [-0.15, -0.1) is 0 Å². The average molecular weight is 377 g/mol. The zero-order valence-electron chi connectivity index (χ0n) is 13.6. The fraction of sp³-hybridized carbons (Fsp3) is 0.278. The first-order valence-corrected chi connectivity index (χ1v) is 8.65. The SMILES string of the molecule is N#Cc1cccnc1NCCNC(=O)CCCc1ccc(Cl)c(Cl)c1. The number of nitrogens with one attached hydrogen (secondary N) is 2. The Morgan fingerprint density at radius 1 is 1.20 bits per heavy atom. The van der Waals surface area contributed by atoms with E-state index in [1.165, 1.54) is 0 Å². The van der Waals surface area contributed by atoms with Gasteiger partial charge in [-0.2, -0.15) is 5.26 Å². The fourth-order valence-electron chi connectivity index (χ4n) is 2.26. The van der Waals surface area contributed by atoms with Gasteiger partial charge in [-0.1, -0.05) is 29.3 Å². The van der Waals surface area contributed by atoms with E-state index in [1.807, 2.05) is 12.1 Å². The van der Waals surface area contributed by atoms with E-state index in [4.69, 9.17) is 28.5 Å². The minimum Gasteiger partial charge on any atom is -0.367 e. The number of rotatable bonds is 8. The third-order valence-corrected chi connectivity index (χ3v) is 4.26. The maximum Gasteiger partial charge on any atom is 0.220 e. The predicted octanol–water partition coefficient (Wildman–Crippen LogP) is 3.81. The van der Waals surface area contributed by atoms with Crippen molar-refractivity contribution in [3.63, 3.8) is 0 Å². The number of hydrogen-bond acceptors (Lipinski definition) is 4. The second kappa shape index (κ2) is 9.87. The Hall–Kier alpha value is -2.29. The summed E-state index contributed by atoms with van der Waals surface area (Å²) < 4.78 is 0.